The van der Waals surface area contributed by atoms with E-state index in [1.165, 1.54) is 0 Å². The fourth-order valence-electron chi connectivity index (χ4n) is 3.53. The molecule has 0 bridgehead atoms. The molecule has 6 heteroatoms. The van der Waals surface area contributed by atoms with E-state index in [4.69, 9.17) is 4.74 Å². The topological polar surface area (TPSA) is 51.5 Å². The van der Waals surface area contributed by atoms with Gasteiger partial charge in [-0.1, -0.05) is 6.92 Å². The van der Waals surface area contributed by atoms with Crippen LogP contribution in [0.4, 0.5) is 0 Å². The van der Waals surface area contributed by atoms with Crippen LogP contribution < -0.4 is 5.43 Å². The van der Waals surface area contributed by atoms with Crippen molar-refractivity contribution in [3.05, 3.63) is 43.8 Å². The van der Waals surface area contributed by atoms with Crippen molar-refractivity contribution < 1.29 is 9.53 Å². The third-order valence-electron chi connectivity index (χ3n) is 4.81. The third kappa shape index (κ3) is 3.74. The van der Waals surface area contributed by atoms with Crippen molar-refractivity contribution >= 4 is 39.5 Å². The summed E-state index contributed by atoms with van der Waals surface area (Å²) in [4.78, 5) is 27.5. The first kappa shape index (κ1) is 18.4. The van der Waals surface area contributed by atoms with Crippen molar-refractivity contribution in [1.82, 2.24) is 9.47 Å². The monoisotopic (exact) mass is 454 g/mol. The van der Waals surface area contributed by atoms with Gasteiger partial charge >= 0.3 is 5.97 Å². The van der Waals surface area contributed by atoms with Crippen LogP contribution in [-0.2, 0) is 4.74 Å². The van der Waals surface area contributed by atoms with Gasteiger partial charge in [0.2, 0.25) is 5.43 Å². The highest BCUT2D eigenvalue weighted by molar-refractivity contribution is 14.1. The second kappa shape index (κ2) is 7.86. The van der Waals surface area contributed by atoms with Crippen LogP contribution in [0.15, 0.2) is 29.2 Å². The Morgan fingerprint density at radius 2 is 2.16 bits per heavy atom. The Hall–Kier alpha value is -1.41. The minimum atomic E-state index is -0.537. The van der Waals surface area contributed by atoms with E-state index < -0.39 is 5.97 Å². The molecule has 0 N–H and O–H groups in total. The highest BCUT2D eigenvalue weighted by Crippen LogP contribution is 2.26. The van der Waals surface area contributed by atoms with Crippen molar-refractivity contribution in [3.63, 3.8) is 0 Å². The van der Waals surface area contributed by atoms with Crippen molar-refractivity contribution in [1.29, 1.82) is 0 Å². The summed E-state index contributed by atoms with van der Waals surface area (Å²) in [7, 11) is 0. The smallest absolute Gasteiger partial charge is 0.343 e. The van der Waals surface area contributed by atoms with Crippen molar-refractivity contribution in [2.24, 2.45) is 0 Å². The SMILES string of the molecule is CCOC(=O)c1cn(C2CCCN(CC)C2)c2ccc(I)cc2c1=O. The number of fused-ring (bicyclic) bond motifs is 1. The maximum Gasteiger partial charge on any atom is 0.343 e. The van der Waals surface area contributed by atoms with Crippen LogP contribution in [0.2, 0.25) is 0 Å². The van der Waals surface area contributed by atoms with Crippen LogP contribution >= 0.6 is 22.6 Å². The molecular weight excluding hydrogens is 431 g/mol. The van der Waals surface area contributed by atoms with E-state index in [9.17, 15) is 9.59 Å². The average Bonchev–Trinajstić information content (AvgIpc) is 2.62. The average molecular weight is 454 g/mol. The van der Waals surface area contributed by atoms with Crippen LogP contribution in [0.3, 0.4) is 0 Å². The number of aromatic nitrogens is 1. The summed E-state index contributed by atoms with van der Waals surface area (Å²) in [6, 6.07) is 6.10. The molecule has 0 saturated carbocycles. The first-order valence-electron chi connectivity index (χ1n) is 8.79. The van der Waals surface area contributed by atoms with E-state index in [0.29, 0.717) is 5.39 Å². The Bertz CT molecular complexity index is 846. The number of piperidine rings is 1. The highest BCUT2D eigenvalue weighted by atomic mass is 127. The van der Waals surface area contributed by atoms with Gasteiger partial charge in [-0.05, 0) is 73.6 Å². The normalized spacial score (nSPS) is 18.4. The van der Waals surface area contributed by atoms with E-state index in [1.54, 1.807) is 13.1 Å². The Kier molecular flexibility index (Phi) is 5.78. The van der Waals surface area contributed by atoms with Crippen LogP contribution in [0.1, 0.15) is 43.1 Å². The Balaban J connectivity index is 2.17. The van der Waals surface area contributed by atoms with Crippen molar-refractivity contribution in [2.45, 2.75) is 32.7 Å². The lowest BCUT2D eigenvalue weighted by atomic mass is 10.0. The third-order valence-corrected chi connectivity index (χ3v) is 5.48. The summed E-state index contributed by atoms with van der Waals surface area (Å²) in [5, 5.41) is 0.589. The number of esters is 1. The summed E-state index contributed by atoms with van der Waals surface area (Å²) in [6.07, 6.45) is 3.87. The molecule has 1 aromatic heterocycles. The molecule has 1 saturated heterocycles. The maximum absolute atomic E-state index is 12.8. The molecule has 0 aliphatic carbocycles. The number of hydrogen-bond acceptors (Lipinski definition) is 4. The van der Waals surface area contributed by atoms with Gasteiger partial charge in [-0.3, -0.25) is 4.79 Å². The lowest BCUT2D eigenvalue weighted by molar-refractivity contribution is 0.0523. The molecule has 2 heterocycles. The van der Waals surface area contributed by atoms with Gasteiger partial charge in [-0.2, -0.15) is 0 Å². The number of pyridine rings is 1. The molecule has 0 amide bonds. The number of carbonyl (C=O) groups excluding carboxylic acids is 1. The van der Waals surface area contributed by atoms with Crippen LogP contribution in [0, 0.1) is 3.57 Å². The van der Waals surface area contributed by atoms with Gasteiger partial charge in [0.05, 0.1) is 12.1 Å². The van der Waals surface area contributed by atoms with E-state index in [0.717, 1.165) is 41.6 Å². The zero-order valence-corrected chi connectivity index (χ0v) is 16.8. The zero-order valence-electron chi connectivity index (χ0n) is 14.6. The van der Waals surface area contributed by atoms with Gasteiger partial charge < -0.3 is 14.2 Å². The molecule has 1 fully saturated rings. The molecule has 25 heavy (non-hydrogen) atoms. The summed E-state index contributed by atoms with van der Waals surface area (Å²) in [6.45, 7) is 7.22. The molecule has 5 nitrogen and oxygen atoms in total. The number of hydrogen-bond donors (Lipinski definition) is 0. The number of benzene rings is 1. The Labute approximate surface area is 161 Å². The maximum atomic E-state index is 12.8. The summed E-state index contributed by atoms with van der Waals surface area (Å²) >= 11 is 2.19. The molecule has 134 valence electrons. The number of ether oxygens (including phenoxy) is 1. The molecule has 1 aliphatic heterocycles. The zero-order chi connectivity index (χ0) is 18.0. The number of carbonyl (C=O) groups is 1. The number of likely N-dealkylation sites (tertiary alicyclic amines) is 1. The van der Waals surface area contributed by atoms with E-state index >= 15 is 0 Å². The summed E-state index contributed by atoms with van der Waals surface area (Å²) < 4.78 is 8.20. The summed E-state index contributed by atoms with van der Waals surface area (Å²) in [5.74, 6) is -0.537. The van der Waals surface area contributed by atoms with Crippen LogP contribution in [0.5, 0.6) is 0 Å². The lowest BCUT2D eigenvalue weighted by Gasteiger charge is -2.34. The fraction of sp³-hybridized carbons (Fsp3) is 0.474. The Morgan fingerprint density at radius 3 is 2.88 bits per heavy atom. The number of halogens is 1. The molecule has 1 atom stereocenters. The number of likely N-dealkylation sites (N-methyl/N-ethyl adjacent to an activating group) is 1. The number of nitrogens with zero attached hydrogens (tertiary/aromatic N) is 2. The largest absolute Gasteiger partial charge is 0.462 e. The molecule has 1 aliphatic rings. The quantitative estimate of drug-likeness (QED) is 0.525. The predicted molar refractivity (Wildman–Crippen MR) is 107 cm³/mol. The van der Waals surface area contributed by atoms with E-state index in [2.05, 4.69) is 39.0 Å². The molecular formula is C19H23IN2O3. The van der Waals surface area contributed by atoms with Crippen molar-refractivity contribution in [2.75, 3.05) is 26.2 Å². The summed E-state index contributed by atoms with van der Waals surface area (Å²) in [5.41, 5.74) is 0.776. The minimum absolute atomic E-state index is 0.130. The van der Waals surface area contributed by atoms with Crippen LogP contribution in [-0.4, -0.2) is 41.7 Å². The fourth-order valence-corrected chi connectivity index (χ4v) is 4.02. The molecule has 1 aromatic carbocycles. The molecule has 0 radical (unpaired) electrons. The standard InChI is InChI=1S/C19H23IN2O3/c1-3-21-9-5-6-14(11-21)22-12-16(19(24)25-4-2)18(23)15-10-13(20)7-8-17(15)22/h7-8,10,12,14H,3-6,9,11H2,1-2H3. The van der Waals surface area contributed by atoms with Gasteiger partial charge in [-0.15, -0.1) is 0 Å². The molecule has 0 spiro atoms. The van der Waals surface area contributed by atoms with Gasteiger partial charge in [0.25, 0.3) is 0 Å². The first-order valence-corrected chi connectivity index (χ1v) is 9.86. The molecule has 2 aromatic rings. The van der Waals surface area contributed by atoms with E-state index in [1.807, 2.05) is 18.2 Å². The van der Waals surface area contributed by atoms with E-state index in [-0.39, 0.29) is 23.6 Å². The number of rotatable bonds is 4. The second-order valence-corrected chi connectivity index (χ2v) is 7.60. The van der Waals surface area contributed by atoms with Crippen LogP contribution in [0.25, 0.3) is 10.9 Å². The van der Waals surface area contributed by atoms with Crippen molar-refractivity contribution in [3.8, 4) is 0 Å². The first-order chi connectivity index (χ1) is 12.0. The minimum Gasteiger partial charge on any atom is -0.462 e. The molecule has 3 rings (SSSR count). The van der Waals surface area contributed by atoms with Gasteiger partial charge in [0.1, 0.15) is 5.56 Å². The Morgan fingerprint density at radius 1 is 1.36 bits per heavy atom. The lowest BCUT2D eigenvalue weighted by Crippen LogP contribution is -2.37. The molecule has 1 unspecified atom stereocenters. The highest BCUT2D eigenvalue weighted by Gasteiger charge is 2.24. The van der Waals surface area contributed by atoms with Gasteiger partial charge in [0.15, 0.2) is 0 Å². The van der Waals surface area contributed by atoms with Gasteiger partial charge in [-0.25, -0.2) is 4.79 Å². The van der Waals surface area contributed by atoms with Gasteiger partial charge in [0, 0.05) is 27.7 Å². The predicted octanol–water partition coefficient (Wildman–Crippen LogP) is 3.44. The second-order valence-electron chi connectivity index (χ2n) is 6.35.